The van der Waals surface area contributed by atoms with E-state index < -0.39 is 5.82 Å². The molecule has 0 unspecified atom stereocenters. The highest BCUT2D eigenvalue weighted by molar-refractivity contribution is 6.01. The lowest BCUT2D eigenvalue weighted by Crippen LogP contribution is -2.36. The minimum atomic E-state index is -0.431. The van der Waals surface area contributed by atoms with Crippen LogP contribution in [-0.4, -0.2) is 18.4 Å². The van der Waals surface area contributed by atoms with Crippen molar-refractivity contribution in [3.05, 3.63) is 59.9 Å². The number of hydrogen-bond donors (Lipinski definition) is 1. The first-order chi connectivity index (χ1) is 10.5. The summed E-state index contributed by atoms with van der Waals surface area (Å²) < 4.78 is 13.1. The van der Waals surface area contributed by atoms with Crippen molar-refractivity contribution in [2.24, 2.45) is 0 Å². The van der Waals surface area contributed by atoms with E-state index in [0.29, 0.717) is 11.4 Å². The van der Waals surface area contributed by atoms with Gasteiger partial charge < -0.3 is 10.2 Å². The molecule has 2 amide bonds. The summed E-state index contributed by atoms with van der Waals surface area (Å²) in [5, 5.41) is 2.58. The third-order valence-corrected chi connectivity index (χ3v) is 3.10. The highest BCUT2D eigenvalue weighted by Crippen LogP contribution is 2.16. The van der Waals surface area contributed by atoms with Crippen LogP contribution in [-0.2, 0) is 9.59 Å². The molecule has 2 aromatic carbocycles. The number of aryl methyl sites for hydroxylation is 1. The van der Waals surface area contributed by atoms with Gasteiger partial charge in [0.05, 0.1) is 0 Å². The van der Waals surface area contributed by atoms with E-state index in [0.717, 1.165) is 5.56 Å². The first kappa shape index (κ1) is 15.7. The molecule has 1 N–H and O–H groups in total. The van der Waals surface area contributed by atoms with Gasteiger partial charge in [-0.1, -0.05) is 18.2 Å². The van der Waals surface area contributed by atoms with Gasteiger partial charge in [-0.25, -0.2) is 4.39 Å². The smallest absolute Gasteiger partial charge is 0.244 e. The van der Waals surface area contributed by atoms with Crippen LogP contribution in [0.15, 0.2) is 48.5 Å². The van der Waals surface area contributed by atoms with Gasteiger partial charge in [-0.15, -0.1) is 0 Å². The lowest BCUT2D eigenvalue weighted by atomic mass is 10.2. The average Bonchev–Trinajstić information content (AvgIpc) is 2.44. The van der Waals surface area contributed by atoms with Crippen LogP contribution in [0.1, 0.15) is 12.5 Å². The largest absolute Gasteiger partial charge is 0.324 e. The van der Waals surface area contributed by atoms with Crippen molar-refractivity contribution in [3.8, 4) is 0 Å². The molecule has 0 aliphatic rings. The summed E-state index contributed by atoms with van der Waals surface area (Å²) in [5.41, 5.74) is 2.01. The summed E-state index contributed by atoms with van der Waals surface area (Å²) in [6, 6.07) is 13.0. The first-order valence-corrected chi connectivity index (χ1v) is 6.86. The minimum absolute atomic E-state index is 0.130. The number of carbonyl (C=O) groups is 2. The van der Waals surface area contributed by atoms with E-state index in [4.69, 9.17) is 0 Å². The Morgan fingerprint density at radius 1 is 1.14 bits per heavy atom. The van der Waals surface area contributed by atoms with Crippen molar-refractivity contribution in [1.82, 2.24) is 0 Å². The zero-order valence-corrected chi connectivity index (χ0v) is 12.5. The Morgan fingerprint density at radius 3 is 2.50 bits per heavy atom. The van der Waals surface area contributed by atoms with Crippen LogP contribution in [0.2, 0.25) is 0 Å². The highest BCUT2D eigenvalue weighted by atomic mass is 19.1. The summed E-state index contributed by atoms with van der Waals surface area (Å²) in [5.74, 6) is -1.05. The molecule has 0 aromatic heterocycles. The van der Waals surface area contributed by atoms with Crippen LogP contribution in [0.5, 0.6) is 0 Å². The number of rotatable bonds is 4. The van der Waals surface area contributed by atoms with Gasteiger partial charge in [0.2, 0.25) is 11.8 Å². The summed E-state index contributed by atoms with van der Waals surface area (Å²) in [7, 11) is 0. The van der Waals surface area contributed by atoms with Gasteiger partial charge in [-0.3, -0.25) is 9.59 Å². The molecule has 0 aliphatic carbocycles. The average molecular weight is 300 g/mol. The number of nitrogens with one attached hydrogen (secondary N) is 1. The maximum Gasteiger partial charge on any atom is 0.244 e. The molecule has 4 nitrogen and oxygen atoms in total. The predicted octanol–water partition coefficient (Wildman–Crippen LogP) is 3.13. The summed E-state index contributed by atoms with van der Waals surface area (Å²) >= 11 is 0. The summed E-state index contributed by atoms with van der Waals surface area (Å²) in [6.45, 7) is 3.18. The van der Waals surface area contributed by atoms with Crippen LogP contribution in [0, 0.1) is 12.7 Å². The van der Waals surface area contributed by atoms with Crippen molar-refractivity contribution < 1.29 is 14.0 Å². The predicted molar refractivity (Wildman–Crippen MR) is 84.2 cm³/mol. The number of benzene rings is 2. The molecule has 0 spiro atoms. The lowest BCUT2D eigenvalue weighted by Gasteiger charge is -2.21. The molecule has 22 heavy (non-hydrogen) atoms. The van der Waals surface area contributed by atoms with E-state index in [1.54, 1.807) is 12.1 Å². The van der Waals surface area contributed by atoms with Crippen molar-refractivity contribution in [2.75, 3.05) is 16.8 Å². The van der Waals surface area contributed by atoms with Crippen molar-refractivity contribution in [1.29, 1.82) is 0 Å². The zero-order valence-electron chi connectivity index (χ0n) is 12.5. The van der Waals surface area contributed by atoms with E-state index >= 15 is 0 Å². The second-order valence-corrected chi connectivity index (χ2v) is 5.00. The normalized spacial score (nSPS) is 10.1. The number of carbonyl (C=O) groups excluding carboxylic acids is 2. The quantitative estimate of drug-likeness (QED) is 0.943. The Balaban J connectivity index is 2.11. The van der Waals surface area contributed by atoms with E-state index in [2.05, 4.69) is 5.32 Å². The molecule has 0 aliphatic heterocycles. The van der Waals surface area contributed by atoms with E-state index in [9.17, 15) is 14.0 Å². The van der Waals surface area contributed by atoms with Crippen molar-refractivity contribution in [3.63, 3.8) is 0 Å². The molecular formula is C17H17FN2O2. The third-order valence-electron chi connectivity index (χ3n) is 3.10. The lowest BCUT2D eigenvalue weighted by molar-refractivity contribution is -0.120. The first-order valence-electron chi connectivity index (χ1n) is 6.86. The number of anilines is 2. The Hall–Kier alpha value is -2.69. The molecule has 0 saturated carbocycles. The Labute approximate surface area is 128 Å². The van der Waals surface area contributed by atoms with Crippen LogP contribution in [0.4, 0.5) is 15.8 Å². The fourth-order valence-electron chi connectivity index (χ4n) is 2.09. The second-order valence-electron chi connectivity index (χ2n) is 5.00. The Kier molecular flexibility index (Phi) is 4.88. The fourth-order valence-corrected chi connectivity index (χ4v) is 2.09. The fraction of sp³-hybridized carbons (Fsp3) is 0.176. The number of hydrogen-bond acceptors (Lipinski definition) is 2. The topological polar surface area (TPSA) is 49.4 Å². The molecule has 0 bridgehead atoms. The molecule has 0 saturated heterocycles. The van der Waals surface area contributed by atoms with Crippen LogP contribution in [0.3, 0.4) is 0 Å². The molecule has 0 heterocycles. The second kappa shape index (κ2) is 6.85. The third kappa shape index (κ3) is 4.15. The molecule has 114 valence electrons. The number of nitrogens with zero attached hydrogens (tertiary/aromatic N) is 1. The standard InChI is InChI=1S/C17H17FN2O2/c1-12-5-3-8-16(9-12)20(13(2)21)11-17(22)19-15-7-4-6-14(18)10-15/h3-10H,11H2,1-2H3,(H,19,22). The van der Waals surface area contributed by atoms with E-state index in [-0.39, 0.29) is 18.4 Å². The van der Waals surface area contributed by atoms with Gasteiger partial charge in [0.25, 0.3) is 0 Å². The molecule has 0 atom stereocenters. The molecular weight excluding hydrogens is 283 g/mol. The maximum atomic E-state index is 13.1. The number of halogens is 1. The van der Waals surface area contributed by atoms with Crippen LogP contribution >= 0.6 is 0 Å². The van der Waals surface area contributed by atoms with Crippen LogP contribution < -0.4 is 10.2 Å². The van der Waals surface area contributed by atoms with Gasteiger partial charge in [0, 0.05) is 18.3 Å². The molecule has 2 rings (SSSR count). The van der Waals surface area contributed by atoms with Crippen LogP contribution in [0.25, 0.3) is 0 Å². The Morgan fingerprint density at radius 2 is 1.86 bits per heavy atom. The Bertz CT molecular complexity index is 701. The van der Waals surface area contributed by atoms with Crippen molar-refractivity contribution in [2.45, 2.75) is 13.8 Å². The van der Waals surface area contributed by atoms with Gasteiger partial charge in [-0.05, 0) is 42.8 Å². The zero-order chi connectivity index (χ0) is 16.1. The van der Waals surface area contributed by atoms with Gasteiger partial charge >= 0.3 is 0 Å². The molecule has 0 fully saturated rings. The number of amides is 2. The highest BCUT2D eigenvalue weighted by Gasteiger charge is 2.16. The van der Waals surface area contributed by atoms with Gasteiger partial charge in [0.15, 0.2) is 0 Å². The molecule has 0 radical (unpaired) electrons. The molecule has 2 aromatic rings. The van der Waals surface area contributed by atoms with Gasteiger partial charge in [0.1, 0.15) is 12.4 Å². The van der Waals surface area contributed by atoms with Gasteiger partial charge in [-0.2, -0.15) is 0 Å². The summed E-state index contributed by atoms with van der Waals surface area (Å²) in [6.07, 6.45) is 0. The minimum Gasteiger partial charge on any atom is -0.324 e. The summed E-state index contributed by atoms with van der Waals surface area (Å²) in [4.78, 5) is 25.2. The SMILES string of the molecule is CC(=O)N(CC(=O)Nc1cccc(F)c1)c1cccc(C)c1. The van der Waals surface area contributed by atoms with E-state index in [1.807, 2.05) is 25.1 Å². The van der Waals surface area contributed by atoms with Crippen molar-refractivity contribution >= 4 is 23.2 Å². The maximum absolute atomic E-state index is 13.1. The molecule has 5 heteroatoms. The van der Waals surface area contributed by atoms with E-state index in [1.165, 1.54) is 30.0 Å². The monoisotopic (exact) mass is 300 g/mol.